The Kier molecular flexibility index (Phi) is 17.1. The second kappa shape index (κ2) is 20.6. The third-order valence-electron chi connectivity index (χ3n) is 10.7. The number of nitrogens with two attached hydrogens (primary N) is 2. The second-order valence-electron chi connectivity index (χ2n) is 15.1. The van der Waals surface area contributed by atoms with Gasteiger partial charge >= 0.3 is 5.97 Å². The molecule has 9 atom stereocenters. The van der Waals surface area contributed by atoms with E-state index in [9.17, 15) is 29.4 Å². The highest BCUT2D eigenvalue weighted by atomic mass is 19.3. The second-order valence-corrected chi connectivity index (χ2v) is 15.1. The lowest BCUT2D eigenvalue weighted by Gasteiger charge is -2.54. The molecule has 0 aliphatic carbocycles. The van der Waals surface area contributed by atoms with Gasteiger partial charge in [0.05, 0.1) is 17.6 Å². The normalized spacial score (nSPS) is 29.6. The monoisotopic (exact) mass is 799 g/mol. The highest BCUT2D eigenvalue weighted by molar-refractivity contribution is 5.91. The molecule has 0 aromatic rings. The number of Topliss-reactive ketones (excluding diaryl/α,β-unsaturated/α-hetero) is 1. The van der Waals surface area contributed by atoms with Crippen molar-refractivity contribution in [2.45, 2.75) is 140 Å². The molecular formula is C38H59F2N5O11. The van der Waals surface area contributed by atoms with Crippen LogP contribution in [0.25, 0.3) is 0 Å². The minimum absolute atomic E-state index is 0.0228. The van der Waals surface area contributed by atoms with Crippen LogP contribution < -0.4 is 22.1 Å². The molecule has 8 N–H and O–H groups in total. The topological polar surface area (TPSA) is 243 Å². The number of carbonyl (C=O) groups is 4. The Balaban J connectivity index is 1.48. The summed E-state index contributed by atoms with van der Waals surface area (Å²) in [5, 5.41) is 25.3. The van der Waals surface area contributed by atoms with Gasteiger partial charge in [-0.2, -0.15) is 0 Å². The maximum Gasteiger partial charge on any atom is 0.326 e. The lowest BCUT2D eigenvalue weighted by molar-refractivity contribution is -0.370. The Morgan fingerprint density at radius 2 is 1.82 bits per heavy atom. The van der Waals surface area contributed by atoms with Crippen molar-refractivity contribution in [1.29, 1.82) is 0 Å². The van der Waals surface area contributed by atoms with Crippen LogP contribution >= 0.6 is 0 Å². The number of aliphatic imine (C=N–C) groups is 1. The van der Waals surface area contributed by atoms with E-state index in [1.807, 2.05) is 13.0 Å². The molecule has 2 amide bonds. The average molecular weight is 800 g/mol. The number of hydrogen-bond acceptors (Lipinski definition) is 11. The number of ketones is 1. The summed E-state index contributed by atoms with van der Waals surface area (Å²) in [6.07, 6.45) is 0.787. The van der Waals surface area contributed by atoms with Gasteiger partial charge in [-0.3, -0.25) is 19.4 Å². The van der Waals surface area contributed by atoms with Crippen molar-refractivity contribution in [3.05, 3.63) is 36.5 Å². The Bertz CT molecular complexity index is 1490. The van der Waals surface area contributed by atoms with E-state index in [-0.39, 0.29) is 49.9 Å². The molecule has 3 fully saturated rings. The van der Waals surface area contributed by atoms with Crippen LogP contribution in [0.3, 0.4) is 0 Å². The first-order chi connectivity index (χ1) is 26.3. The fourth-order valence-corrected chi connectivity index (χ4v) is 6.80. The van der Waals surface area contributed by atoms with E-state index in [1.165, 1.54) is 33.1 Å². The summed E-state index contributed by atoms with van der Waals surface area (Å²) in [7, 11) is 1.29. The molecule has 0 aromatic heterocycles. The number of carboxylic acids is 1. The van der Waals surface area contributed by atoms with E-state index < -0.39 is 84.5 Å². The molecule has 0 unspecified atom stereocenters. The van der Waals surface area contributed by atoms with Crippen LogP contribution in [-0.4, -0.2) is 115 Å². The molecule has 0 saturated carbocycles. The third-order valence-corrected chi connectivity index (χ3v) is 10.7. The summed E-state index contributed by atoms with van der Waals surface area (Å²) < 4.78 is 60.5. The maximum absolute atomic E-state index is 16.1. The smallest absolute Gasteiger partial charge is 0.326 e. The predicted octanol–water partition coefficient (Wildman–Crippen LogP) is 2.58. The van der Waals surface area contributed by atoms with Crippen molar-refractivity contribution in [1.82, 2.24) is 10.6 Å². The van der Waals surface area contributed by atoms with Gasteiger partial charge < -0.3 is 56.0 Å². The molecule has 0 radical (unpaired) electrons. The van der Waals surface area contributed by atoms with Crippen LogP contribution in [0.15, 0.2) is 41.4 Å². The first-order valence-corrected chi connectivity index (χ1v) is 18.9. The van der Waals surface area contributed by atoms with Crippen LogP contribution in [0.1, 0.15) is 85.5 Å². The molecule has 16 nitrogen and oxygen atoms in total. The number of unbranched alkanes of at least 4 members (excludes halogenated alkanes) is 3. The fraction of sp³-hybridized carbons (Fsp3) is 0.711. The quantitative estimate of drug-likeness (QED) is 0.0259. The van der Waals surface area contributed by atoms with E-state index >= 15 is 8.78 Å². The molecule has 3 aliphatic heterocycles. The molecule has 0 bridgehead atoms. The van der Waals surface area contributed by atoms with Crippen molar-refractivity contribution in [3.63, 3.8) is 0 Å². The van der Waals surface area contributed by atoms with Crippen molar-refractivity contribution in [3.8, 4) is 0 Å². The lowest BCUT2D eigenvalue weighted by Crippen LogP contribution is -2.71. The number of amides is 2. The number of allylic oxidation sites excluding steroid dienone is 3. The van der Waals surface area contributed by atoms with E-state index in [0.29, 0.717) is 31.3 Å². The standard InChI is InChI=1S/C38H59F2N5O11/c1-22-20-37(52-6,56-24(3)23(22)2)30(48)32(49)45-33-29-31(53-21-54-33)38(39,40)36(4,5)27(55-29)19-25(46)15-12-10-8-7-9-11-13-17-28(47)44-26(34(50)51)16-14-18-43-35(41)42/h9,11,13,17,23-24,26-27,29-31,33,48H,1,7-8,10,12,14-16,18-21H2,2-6H3,(H,44,47)(H,45,49)(H,50,51)(H4,41,42,43)/b11-9+,17-13+/t23-,24-,26+,27-,29+,30-,31+,33+,37-/m1/s1. The zero-order chi connectivity index (χ0) is 41.8. The molecular weight excluding hydrogens is 740 g/mol. The van der Waals surface area contributed by atoms with Crippen LogP contribution in [0, 0.1) is 11.3 Å². The Hall–Kier alpha value is -3.81. The van der Waals surface area contributed by atoms with Gasteiger partial charge in [-0.25, -0.2) is 13.6 Å². The number of hydrogen-bond donors (Lipinski definition) is 6. The van der Waals surface area contributed by atoms with Crippen molar-refractivity contribution >= 4 is 29.5 Å². The minimum Gasteiger partial charge on any atom is -0.480 e. The average Bonchev–Trinajstić information content (AvgIpc) is 3.13. The number of aliphatic hydroxyl groups is 1. The number of rotatable bonds is 20. The highest BCUT2D eigenvalue weighted by Gasteiger charge is 2.67. The zero-order valence-corrected chi connectivity index (χ0v) is 32.8. The van der Waals surface area contributed by atoms with Crippen LogP contribution in [0.5, 0.6) is 0 Å². The number of methoxy groups -OCH3 is 1. The summed E-state index contributed by atoms with van der Waals surface area (Å²) in [6.45, 7) is 9.96. The Morgan fingerprint density at radius 1 is 1.11 bits per heavy atom. The number of aliphatic carboxylic acids is 1. The van der Waals surface area contributed by atoms with Crippen molar-refractivity contribution < 1.29 is 61.9 Å². The first-order valence-electron chi connectivity index (χ1n) is 18.9. The highest BCUT2D eigenvalue weighted by Crippen LogP contribution is 2.51. The summed E-state index contributed by atoms with van der Waals surface area (Å²) in [6, 6.07) is -1.08. The predicted molar refractivity (Wildman–Crippen MR) is 200 cm³/mol. The Labute approximate surface area is 326 Å². The molecule has 0 spiro atoms. The third kappa shape index (κ3) is 11.9. The number of guanidine groups is 1. The number of fused-ring (bicyclic) bond motifs is 1. The summed E-state index contributed by atoms with van der Waals surface area (Å²) in [5.41, 5.74) is 9.38. The summed E-state index contributed by atoms with van der Waals surface area (Å²) in [4.78, 5) is 53.7. The van der Waals surface area contributed by atoms with Crippen LogP contribution in [0.4, 0.5) is 8.78 Å². The molecule has 3 aliphatic rings. The fourth-order valence-electron chi connectivity index (χ4n) is 6.80. The van der Waals surface area contributed by atoms with Crippen LogP contribution in [0.2, 0.25) is 0 Å². The number of nitrogens with one attached hydrogen (secondary N) is 2. The number of halogens is 2. The Morgan fingerprint density at radius 3 is 2.46 bits per heavy atom. The van der Waals surface area contributed by atoms with Gasteiger partial charge in [0.25, 0.3) is 11.8 Å². The summed E-state index contributed by atoms with van der Waals surface area (Å²) >= 11 is 0. The minimum atomic E-state index is -3.50. The molecule has 3 rings (SSSR count). The number of nitrogens with zero attached hydrogens (tertiary/aromatic N) is 1. The SMILES string of the molecule is C=C1C[C@](OC)([C@H](O)C(=O)N[C@H]2OCO[C@H]3[C@@H]2O[C@H](CC(=O)CCCCC/C=C/C=C/C(=O)N[C@@H](CCCN=C(N)N)C(=O)O)C(C)(C)C3(F)F)O[C@H](C)[C@@H]1C. The molecule has 3 saturated heterocycles. The first kappa shape index (κ1) is 46.6. The van der Waals surface area contributed by atoms with E-state index in [4.69, 9.17) is 35.2 Å². The van der Waals surface area contributed by atoms with Crippen LogP contribution in [-0.2, 0) is 42.9 Å². The van der Waals surface area contributed by atoms with Gasteiger partial charge in [0.1, 0.15) is 24.7 Å². The number of alkyl halides is 2. The molecule has 316 valence electrons. The number of ether oxygens (including phenoxy) is 5. The van der Waals surface area contributed by atoms with E-state index in [0.717, 1.165) is 6.42 Å². The van der Waals surface area contributed by atoms with Gasteiger partial charge in [0.2, 0.25) is 11.7 Å². The molecule has 18 heteroatoms. The number of aliphatic hydroxyl groups excluding tert-OH is 1. The lowest BCUT2D eigenvalue weighted by atomic mass is 9.71. The molecule has 0 aromatic carbocycles. The van der Waals surface area contributed by atoms with Gasteiger partial charge in [-0.15, -0.1) is 0 Å². The molecule has 3 heterocycles. The van der Waals surface area contributed by atoms with Gasteiger partial charge in [-0.05, 0) is 39.0 Å². The molecule has 56 heavy (non-hydrogen) atoms. The van der Waals surface area contributed by atoms with Crippen molar-refractivity contribution in [2.24, 2.45) is 27.8 Å². The number of carbonyl (C=O) groups excluding carboxylic acids is 3. The number of carboxylic acid groups (broad SMARTS) is 1. The zero-order valence-electron chi connectivity index (χ0n) is 32.8. The largest absolute Gasteiger partial charge is 0.480 e. The van der Waals surface area contributed by atoms with E-state index in [1.54, 1.807) is 13.0 Å². The van der Waals surface area contributed by atoms with E-state index in [2.05, 4.69) is 22.2 Å². The maximum atomic E-state index is 16.1. The van der Waals surface area contributed by atoms with Gasteiger partial charge in [0, 0.05) is 44.9 Å². The summed E-state index contributed by atoms with van der Waals surface area (Å²) in [5.74, 6) is -8.41. The van der Waals surface area contributed by atoms with Gasteiger partial charge in [0.15, 0.2) is 24.4 Å². The van der Waals surface area contributed by atoms with Gasteiger partial charge in [-0.1, -0.05) is 57.6 Å². The van der Waals surface area contributed by atoms with Crippen molar-refractivity contribution in [2.75, 3.05) is 20.4 Å².